The maximum absolute atomic E-state index is 13.7. The van der Waals surface area contributed by atoms with Gasteiger partial charge in [0.15, 0.2) is 0 Å². The summed E-state index contributed by atoms with van der Waals surface area (Å²) in [4.78, 5) is 43.2. The third-order valence-electron chi connectivity index (χ3n) is 10.6. The molecule has 4 heterocycles. The van der Waals surface area contributed by atoms with Crippen molar-refractivity contribution >= 4 is 29.3 Å². The number of aromatic amines is 1. The van der Waals surface area contributed by atoms with Crippen molar-refractivity contribution in [1.82, 2.24) is 30.7 Å². The molecule has 9 heteroatoms. The van der Waals surface area contributed by atoms with E-state index in [4.69, 9.17) is 0 Å². The molecule has 4 N–H and O–H groups in total. The number of nitrogens with one attached hydrogen (secondary N) is 4. The van der Waals surface area contributed by atoms with Gasteiger partial charge in [-0.3, -0.25) is 9.59 Å². The van der Waals surface area contributed by atoms with Gasteiger partial charge in [0.05, 0.1) is 0 Å². The van der Waals surface area contributed by atoms with E-state index in [9.17, 15) is 14.4 Å². The van der Waals surface area contributed by atoms with Gasteiger partial charge in [-0.15, -0.1) is 0 Å². The third kappa shape index (κ3) is 8.55. The number of H-pyrrole nitrogens is 1. The van der Waals surface area contributed by atoms with Gasteiger partial charge >= 0.3 is 6.03 Å². The van der Waals surface area contributed by atoms with E-state index in [2.05, 4.69) is 51.3 Å². The van der Waals surface area contributed by atoms with Crippen molar-refractivity contribution in [3.05, 3.63) is 71.4 Å². The Hall–Kier alpha value is -3.85. The predicted octanol–water partition coefficient (Wildman–Crippen LogP) is 5.46. The Bertz CT molecular complexity index is 1440. The maximum Gasteiger partial charge on any atom is 0.315 e. The summed E-state index contributed by atoms with van der Waals surface area (Å²) in [5.41, 5.74) is 5.21. The highest BCUT2D eigenvalue weighted by molar-refractivity contribution is 5.90. The number of hydrogen-bond donors (Lipinski definition) is 4. The highest BCUT2D eigenvalue weighted by Gasteiger charge is 2.43. The summed E-state index contributed by atoms with van der Waals surface area (Å²) in [5.74, 6) is -0.174. The molecular weight excluding hydrogens is 588 g/mol. The van der Waals surface area contributed by atoms with Gasteiger partial charge in [0.2, 0.25) is 12.3 Å². The summed E-state index contributed by atoms with van der Waals surface area (Å²) >= 11 is 0. The molecule has 1 unspecified atom stereocenters. The first-order valence-electron chi connectivity index (χ1n) is 17.8. The molecule has 1 aromatic heterocycles. The molecule has 7 rings (SSSR count). The second-order valence-electron chi connectivity index (χ2n) is 13.6. The van der Waals surface area contributed by atoms with Gasteiger partial charge in [-0.25, -0.2) is 4.79 Å². The monoisotopic (exact) mass is 642 g/mol. The minimum absolute atomic E-state index is 0.00230. The first kappa shape index (κ1) is 34.5. The fraction of sp³-hybridized carbons (Fsp3) is 0.553. The highest BCUT2D eigenvalue weighted by atomic mass is 16.2. The molecule has 2 atom stereocenters. The molecule has 4 amide bonds. The number of aryl methyl sites for hydroxylation is 1. The molecule has 254 valence electrons. The van der Waals surface area contributed by atoms with Gasteiger partial charge in [0.25, 0.3) is 0 Å². The Kier molecular flexibility index (Phi) is 12.3. The molecule has 3 aliphatic heterocycles. The maximum atomic E-state index is 13.7. The van der Waals surface area contributed by atoms with Crippen LogP contribution in [0.4, 0.5) is 4.79 Å². The van der Waals surface area contributed by atoms with Crippen LogP contribution < -0.4 is 16.0 Å². The van der Waals surface area contributed by atoms with Crippen LogP contribution >= 0.6 is 0 Å². The van der Waals surface area contributed by atoms with E-state index in [1.807, 2.05) is 41.1 Å². The number of benzene rings is 2. The number of aromatic nitrogens is 1. The number of piperidine rings is 3. The lowest BCUT2D eigenvalue weighted by Gasteiger charge is -2.41. The van der Waals surface area contributed by atoms with Crippen LogP contribution in [0, 0.1) is 0 Å². The Labute approximate surface area is 280 Å². The molecule has 3 fully saturated rings. The zero-order chi connectivity index (χ0) is 33.1. The number of carbonyl (C=O) groups excluding carboxylic acids is 3. The average Bonchev–Trinajstić information content (AvgIpc) is 3.74. The molecule has 9 nitrogen and oxygen atoms in total. The standard InChI is InChI=1S/C27H32N4O2.C6H11NO.C5H11N/c1-18(21-17-29-23-10-6-4-8-20(21)23)24(30-26(33)28-2)25(32)31-15-13-27(14-16-31)12-11-19-7-3-5-9-22(19)27;8-6-7-4-2-1-3-5-7;1-2-4-6-5-3-1/h3-10,17-18,24,29H,11-16H2,1-2H3,(H2,28,30,33);6H,1-5H2;6H,1-5H2/t18-,24?;;/m1../s1. The van der Waals surface area contributed by atoms with E-state index in [1.165, 1.54) is 69.2 Å². The van der Waals surface area contributed by atoms with Crippen molar-refractivity contribution in [3.63, 3.8) is 0 Å². The molecule has 4 aliphatic rings. The van der Waals surface area contributed by atoms with Gasteiger partial charge in [0.1, 0.15) is 6.04 Å². The molecule has 3 saturated heterocycles. The Morgan fingerprint density at radius 1 is 0.872 bits per heavy atom. The number of nitrogens with zero attached hydrogens (tertiary/aromatic N) is 2. The van der Waals surface area contributed by atoms with Crippen LogP contribution in [0.15, 0.2) is 54.7 Å². The van der Waals surface area contributed by atoms with Crippen molar-refractivity contribution in [3.8, 4) is 0 Å². The van der Waals surface area contributed by atoms with Crippen molar-refractivity contribution in [1.29, 1.82) is 0 Å². The normalized spacial score (nSPS) is 19.7. The fourth-order valence-corrected chi connectivity index (χ4v) is 7.73. The lowest BCUT2D eigenvalue weighted by Crippen LogP contribution is -2.55. The van der Waals surface area contributed by atoms with Crippen LogP contribution in [-0.2, 0) is 21.4 Å². The molecule has 1 aliphatic carbocycles. The Morgan fingerprint density at radius 3 is 2.19 bits per heavy atom. The zero-order valence-electron chi connectivity index (χ0n) is 28.4. The first-order chi connectivity index (χ1) is 23.0. The van der Waals surface area contributed by atoms with E-state index in [1.54, 1.807) is 7.05 Å². The van der Waals surface area contributed by atoms with Gasteiger partial charge in [-0.2, -0.15) is 0 Å². The molecule has 2 aromatic carbocycles. The Morgan fingerprint density at radius 2 is 1.55 bits per heavy atom. The molecule has 3 aromatic rings. The number of amides is 4. The number of para-hydroxylation sites is 1. The number of fused-ring (bicyclic) bond motifs is 3. The summed E-state index contributed by atoms with van der Waals surface area (Å²) in [6.07, 6.45) is 15.0. The summed E-state index contributed by atoms with van der Waals surface area (Å²) in [6.45, 7) is 7.92. The van der Waals surface area contributed by atoms with Gasteiger partial charge in [-0.1, -0.05) is 55.8 Å². The number of carbonyl (C=O) groups is 3. The highest BCUT2D eigenvalue weighted by Crippen LogP contribution is 2.46. The molecule has 0 bridgehead atoms. The lowest BCUT2D eigenvalue weighted by molar-refractivity contribution is -0.135. The quantitative estimate of drug-likeness (QED) is 0.277. The molecule has 1 spiro atoms. The number of likely N-dealkylation sites (tertiary alicyclic amines) is 2. The number of hydrogen-bond acceptors (Lipinski definition) is 4. The van der Waals surface area contributed by atoms with E-state index in [-0.39, 0.29) is 23.3 Å². The van der Waals surface area contributed by atoms with E-state index >= 15 is 0 Å². The Balaban J connectivity index is 0.000000255. The van der Waals surface area contributed by atoms with Crippen LogP contribution in [0.1, 0.15) is 87.3 Å². The first-order valence-corrected chi connectivity index (χ1v) is 17.8. The minimum Gasteiger partial charge on any atom is -0.361 e. The molecule has 0 saturated carbocycles. The smallest absolute Gasteiger partial charge is 0.315 e. The predicted molar refractivity (Wildman–Crippen MR) is 189 cm³/mol. The lowest BCUT2D eigenvalue weighted by atomic mass is 9.73. The summed E-state index contributed by atoms with van der Waals surface area (Å²) < 4.78 is 0. The summed E-state index contributed by atoms with van der Waals surface area (Å²) in [7, 11) is 1.58. The van der Waals surface area contributed by atoms with Crippen LogP contribution in [0.3, 0.4) is 0 Å². The largest absolute Gasteiger partial charge is 0.361 e. The molecule has 47 heavy (non-hydrogen) atoms. The zero-order valence-corrected chi connectivity index (χ0v) is 28.4. The van der Waals surface area contributed by atoms with Crippen LogP contribution in [-0.4, -0.2) is 85.5 Å². The molecule has 0 radical (unpaired) electrons. The fourth-order valence-electron chi connectivity index (χ4n) is 7.73. The van der Waals surface area contributed by atoms with Crippen molar-refractivity contribution in [2.24, 2.45) is 0 Å². The van der Waals surface area contributed by atoms with E-state index < -0.39 is 6.04 Å². The van der Waals surface area contributed by atoms with Crippen molar-refractivity contribution in [2.45, 2.75) is 88.5 Å². The second kappa shape index (κ2) is 16.8. The van der Waals surface area contributed by atoms with Crippen molar-refractivity contribution in [2.75, 3.05) is 46.3 Å². The SMILES string of the molecule is C1CCNCC1.CNC(=O)NC(C(=O)N1CCC2(CCc3ccccc32)CC1)[C@H](C)c1c[nH]c2ccccc12.O=CN1CCCCC1. The van der Waals surface area contributed by atoms with Crippen LogP contribution in [0.25, 0.3) is 10.9 Å². The van der Waals surface area contributed by atoms with Crippen LogP contribution in [0.2, 0.25) is 0 Å². The average molecular weight is 643 g/mol. The second-order valence-corrected chi connectivity index (χ2v) is 13.6. The number of rotatable bonds is 5. The third-order valence-corrected chi connectivity index (χ3v) is 10.6. The van der Waals surface area contributed by atoms with Crippen LogP contribution in [0.5, 0.6) is 0 Å². The van der Waals surface area contributed by atoms with Gasteiger partial charge in [0, 0.05) is 56.2 Å². The molecular formula is C38H54N6O3. The van der Waals surface area contributed by atoms with E-state index in [0.717, 1.165) is 68.3 Å². The van der Waals surface area contributed by atoms with Gasteiger partial charge in [-0.05, 0) is 99.0 Å². The minimum atomic E-state index is -0.630. The topological polar surface area (TPSA) is 110 Å². The summed E-state index contributed by atoms with van der Waals surface area (Å²) in [5, 5.41) is 9.92. The summed E-state index contributed by atoms with van der Waals surface area (Å²) in [6, 6.07) is 15.9. The van der Waals surface area contributed by atoms with Gasteiger partial charge < -0.3 is 30.7 Å². The van der Waals surface area contributed by atoms with E-state index in [0.29, 0.717) is 0 Å². The van der Waals surface area contributed by atoms with Crippen molar-refractivity contribution < 1.29 is 14.4 Å². The number of urea groups is 1.